The number of nitrogens with one attached hydrogen (secondary N) is 1. The summed E-state index contributed by atoms with van der Waals surface area (Å²) < 4.78 is 40.0. The lowest BCUT2D eigenvalue weighted by Gasteiger charge is -2.15. The summed E-state index contributed by atoms with van der Waals surface area (Å²) in [6.07, 6.45) is 1.27. The van der Waals surface area contributed by atoms with Gasteiger partial charge in [-0.3, -0.25) is 0 Å². The van der Waals surface area contributed by atoms with E-state index in [0.29, 0.717) is 18.4 Å². The van der Waals surface area contributed by atoms with Crippen LogP contribution in [0.25, 0.3) is 0 Å². The van der Waals surface area contributed by atoms with Crippen LogP contribution in [-0.4, -0.2) is 19.6 Å². The summed E-state index contributed by atoms with van der Waals surface area (Å²) in [6.45, 7) is 3.39. The van der Waals surface area contributed by atoms with E-state index in [9.17, 15) is 12.8 Å². The van der Waals surface area contributed by atoms with Crippen molar-refractivity contribution in [2.75, 3.05) is 0 Å². The third-order valence-corrected chi connectivity index (χ3v) is 4.31. The topological polar surface area (TPSA) is 66.4 Å². The highest BCUT2D eigenvalue weighted by Gasteiger charge is 2.22. The van der Waals surface area contributed by atoms with Gasteiger partial charge in [-0.05, 0) is 30.5 Å². The van der Waals surface area contributed by atoms with Crippen molar-refractivity contribution in [3.05, 3.63) is 29.6 Å². The van der Waals surface area contributed by atoms with E-state index in [0.717, 1.165) is 12.1 Å². The Balaban J connectivity index is 3.11. The molecular formula is C12H18FNO3S. The smallest absolute Gasteiger partial charge is 0.243 e. The normalized spacial score (nSPS) is 12.1. The maximum Gasteiger partial charge on any atom is 0.243 e. The molecule has 102 valence electrons. The number of rotatable bonds is 6. The summed E-state index contributed by atoms with van der Waals surface area (Å²) in [4.78, 5) is -0.416. The first-order valence-corrected chi connectivity index (χ1v) is 7.34. The molecule has 0 bridgehead atoms. The molecule has 0 aromatic heterocycles. The average molecular weight is 275 g/mol. The van der Waals surface area contributed by atoms with Gasteiger partial charge in [-0.15, -0.1) is 0 Å². The summed E-state index contributed by atoms with van der Waals surface area (Å²) in [6, 6.07) is 3.34. The SMILES string of the molecule is CCC(CC)NS(=O)(=O)c1cc(CO)ccc1F. The van der Waals surface area contributed by atoms with E-state index in [2.05, 4.69) is 4.72 Å². The Bertz CT molecular complexity index is 498. The zero-order valence-electron chi connectivity index (χ0n) is 10.5. The second-order valence-corrected chi connectivity index (χ2v) is 5.74. The van der Waals surface area contributed by atoms with E-state index in [1.807, 2.05) is 13.8 Å². The Kier molecular flexibility index (Phi) is 5.25. The zero-order valence-corrected chi connectivity index (χ0v) is 11.3. The Morgan fingerprint density at radius 1 is 1.33 bits per heavy atom. The molecule has 0 radical (unpaired) electrons. The Labute approximate surface area is 107 Å². The summed E-state index contributed by atoms with van der Waals surface area (Å²) in [5.41, 5.74) is 0.362. The van der Waals surface area contributed by atoms with Gasteiger partial charge in [-0.1, -0.05) is 19.9 Å². The molecule has 0 amide bonds. The van der Waals surface area contributed by atoms with Gasteiger partial charge in [0.1, 0.15) is 10.7 Å². The molecule has 2 N–H and O–H groups in total. The van der Waals surface area contributed by atoms with Gasteiger partial charge in [0.05, 0.1) is 6.61 Å². The lowest BCUT2D eigenvalue weighted by molar-refractivity contribution is 0.281. The molecule has 1 aromatic rings. The van der Waals surface area contributed by atoms with E-state index in [-0.39, 0.29) is 12.6 Å². The minimum absolute atomic E-state index is 0.216. The maximum absolute atomic E-state index is 13.6. The van der Waals surface area contributed by atoms with Crippen molar-refractivity contribution >= 4 is 10.0 Å². The maximum atomic E-state index is 13.6. The van der Waals surface area contributed by atoms with Crippen LogP contribution in [-0.2, 0) is 16.6 Å². The first kappa shape index (κ1) is 15.1. The fourth-order valence-corrected chi connectivity index (χ4v) is 3.12. The van der Waals surface area contributed by atoms with E-state index in [1.54, 1.807) is 0 Å². The number of sulfonamides is 1. The second-order valence-electron chi connectivity index (χ2n) is 4.06. The molecule has 0 aliphatic rings. The minimum atomic E-state index is -3.88. The molecule has 0 aliphatic heterocycles. The van der Waals surface area contributed by atoms with Crippen LogP contribution < -0.4 is 4.72 Å². The molecule has 0 saturated carbocycles. The van der Waals surface area contributed by atoms with Crippen LogP contribution in [0.2, 0.25) is 0 Å². The summed E-state index contributed by atoms with van der Waals surface area (Å²) in [7, 11) is -3.88. The Morgan fingerprint density at radius 2 is 1.94 bits per heavy atom. The molecule has 1 aromatic carbocycles. The number of aliphatic hydroxyl groups is 1. The van der Waals surface area contributed by atoms with Gasteiger partial charge in [0.15, 0.2) is 0 Å². The number of hydrogen-bond acceptors (Lipinski definition) is 3. The molecule has 0 saturated heterocycles. The molecule has 0 spiro atoms. The Hall–Kier alpha value is -0.980. The third kappa shape index (κ3) is 3.51. The molecule has 1 rings (SSSR count). The van der Waals surface area contributed by atoms with Crippen LogP contribution in [0.15, 0.2) is 23.1 Å². The molecule has 0 atom stereocenters. The number of aliphatic hydroxyl groups excluding tert-OH is 1. The third-order valence-electron chi connectivity index (χ3n) is 2.78. The highest BCUT2D eigenvalue weighted by atomic mass is 32.2. The highest BCUT2D eigenvalue weighted by Crippen LogP contribution is 2.17. The fraction of sp³-hybridized carbons (Fsp3) is 0.500. The molecule has 0 unspecified atom stereocenters. The number of halogens is 1. The summed E-state index contributed by atoms with van der Waals surface area (Å²) in [5, 5.41) is 8.96. The van der Waals surface area contributed by atoms with Gasteiger partial charge in [-0.2, -0.15) is 0 Å². The number of hydrogen-bond donors (Lipinski definition) is 2. The molecule has 6 heteroatoms. The van der Waals surface area contributed by atoms with Gasteiger partial charge >= 0.3 is 0 Å². The van der Waals surface area contributed by atoms with Crippen LogP contribution in [0, 0.1) is 5.82 Å². The molecule has 0 aliphatic carbocycles. The van der Waals surface area contributed by atoms with Crippen molar-refractivity contribution in [1.29, 1.82) is 0 Å². The average Bonchev–Trinajstić information content (AvgIpc) is 2.36. The minimum Gasteiger partial charge on any atom is -0.392 e. The van der Waals surface area contributed by atoms with Gasteiger partial charge in [0.25, 0.3) is 0 Å². The van der Waals surface area contributed by atoms with Gasteiger partial charge in [0, 0.05) is 6.04 Å². The quantitative estimate of drug-likeness (QED) is 0.831. The van der Waals surface area contributed by atoms with E-state index in [1.165, 1.54) is 6.07 Å². The molecule has 0 fully saturated rings. The van der Waals surface area contributed by atoms with Gasteiger partial charge in [-0.25, -0.2) is 17.5 Å². The van der Waals surface area contributed by atoms with E-state index in [4.69, 9.17) is 5.11 Å². The monoisotopic (exact) mass is 275 g/mol. The first-order valence-electron chi connectivity index (χ1n) is 5.86. The summed E-state index contributed by atoms with van der Waals surface area (Å²) >= 11 is 0. The molecular weight excluding hydrogens is 257 g/mol. The predicted octanol–water partition coefficient (Wildman–Crippen LogP) is 1.78. The second kappa shape index (κ2) is 6.26. The molecule has 0 heterocycles. The number of benzene rings is 1. The molecule has 18 heavy (non-hydrogen) atoms. The van der Waals surface area contributed by atoms with Crippen molar-refractivity contribution in [3.63, 3.8) is 0 Å². The standard InChI is InChI=1S/C12H18FNO3S/c1-3-10(4-2)14-18(16,17)12-7-9(8-15)5-6-11(12)13/h5-7,10,14-15H,3-4,8H2,1-2H3. The van der Waals surface area contributed by atoms with Crippen molar-refractivity contribution < 1.29 is 17.9 Å². The van der Waals surface area contributed by atoms with Gasteiger partial charge < -0.3 is 5.11 Å². The Morgan fingerprint density at radius 3 is 2.44 bits per heavy atom. The molecule has 4 nitrogen and oxygen atoms in total. The lowest BCUT2D eigenvalue weighted by Crippen LogP contribution is -2.34. The van der Waals surface area contributed by atoms with E-state index < -0.39 is 20.7 Å². The largest absolute Gasteiger partial charge is 0.392 e. The fourth-order valence-electron chi connectivity index (χ4n) is 1.59. The highest BCUT2D eigenvalue weighted by molar-refractivity contribution is 7.89. The van der Waals surface area contributed by atoms with Crippen molar-refractivity contribution in [2.24, 2.45) is 0 Å². The first-order chi connectivity index (χ1) is 8.44. The zero-order chi connectivity index (χ0) is 13.8. The van der Waals surface area contributed by atoms with E-state index >= 15 is 0 Å². The summed E-state index contributed by atoms with van der Waals surface area (Å²) in [5.74, 6) is -0.814. The van der Waals surface area contributed by atoms with Crippen molar-refractivity contribution in [3.8, 4) is 0 Å². The van der Waals surface area contributed by atoms with Gasteiger partial charge in [0.2, 0.25) is 10.0 Å². The van der Waals surface area contributed by atoms with Crippen molar-refractivity contribution in [2.45, 2.75) is 44.2 Å². The van der Waals surface area contributed by atoms with Crippen LogP contribution in [0.5, 0.6) is 0 Å². The van der Waals surface area contributed by atoms with Crippen LogP contribution in [0.1, 0.15) is 32.3 Å². The van der Waals surface area contributed by atoms with Crippen LogP contribution in [0.4, 0.5) is 4.39 Å². The lowest BCUT2D eigenvalue weighted by atomic mass is 10.2. The predicted molar refractivity (Wildman–Crippen MR) is 67.0 cm³/mol. The van der Waals surface area contributed by atoms with Crippen molar-refractivity contribution in [1.82, 2.24) is 4.72 Å². The van der Waals surface area contributed by atoms with Crippen LogP contribution in [0.3, 0.4) is 0 Å². The van der Waals surface area contributed by atoms with Crippen LogP contribution >= 0.6 is 0 Å².